The molecule has 0 saturated heterocycles. The summed E-state index contributed by atoms with van der Waals surface area (Å²) in [7, 11) is 1.33. The number of carbonyl (C=O) groups is 1. The van der Waals surface area contributed by atoms with Crippen molar-refractivity contribution >= 4 is 23.4 Å². The lowest BCUT2D eigenvalue weighted by Gasteiger charge is -2.25. The zero-order valence-electron chi connectivity index (χ0n) is 20.9. The van der Waals surface area contributed by atoms with Crippen molar-refractivity contribution in [3.05, 3.63) is 132 Å². The van der Waals surface area contributed by atoms with Crippen LogP contribution in [0, 0.1) is 5.82 Å². The average Bonchev–Trinajstić information content (AvgIpc) is 3.26. The number of esters is 1. The van der Waals surface area contributed by atoms with Gasteiger partial charge in [-0.1, -0.05) is 72.9 Å². The van der Waals surface area contributed by atoms with Crippen molar-refractivity contribution in [1.29, 1.82) is 0 Å². The van der Waals surface area contributed by atoms with Gasteiger partial charge in [0.25, 0.3) is 5.56 Å². The fourth-order valence-electron chi connectivity index (χ4n) is 4.41. The fourth-order valence-corrected chi connectivity index (χ4v) is 5.43. The molecule has 6 nitrogen and oxygen atoms in total. The van der Waals surface area contributed by atoms with Gasteiger partial charge in [-0.25, -0.2) is 14.2 Å². The molecular weight excluding hydrogens is 503 g/mol. The standard InChI is InChI=1S/C30H25FN2O4S/c1-3-24-26(29(35)36-2)27(21-9-5-4-6-10-21)33-28(34)25(38-30(33)32-24)17-20-8-7-11-23(16-20)37-18-19-12-14-22(31)15-13-19/h4-17,27H,3,18H2,1-2H3/b25-17+/t27-/m1/s1. The quantitative estimate of drug-likeness (QED) is 0.331. The van der Waals surface area contributed by atoms with E-state index in [1.807, 2.05) is 61.5 Å². The number of fused-ring (bicyclic) bond motifs is 1. The third-order valence-electron chi connectivity index (χ3n) is 6.24. The van der Waals surface area contributed by atoms with Crippen molar-refractivity contribution in [2.75, 3.05) is 7.11 Å². The molecule has 0 unspecified atom stereocenters. The number of hydrogen-bond donors (Lipinski definition) is 0. The first kappa shape index (κ1) is 25.4. The van der Waals surface area contributed by atoms with Gasteiger partial charge in [0.05, 0.1) is 29.0 Å². The van der Waals surface area contributed by atoms with Gasteiger partial charge < -0.3 is 9.47 Å². The van der Waals surface area contributed by atoms with Gasteiger partial charge in [0, 0.05) is 0 Å². The predicted octanol–water partition coefficient (Wildman–Crippen LogP) is 4.52. The number of ether oxygens (including phenoxy) is 2. The van der Waals surface area contributed by atoms with Crippen LogP contribution in [-0.4, -0.2) is 17.6 Å². The molecule has 1 aromatic heterocycles. The molecule has 38 heavy (non-hydrogen) atoms. The molecule has 0 amide bonds. The highest BCUT2D eigenvalue weighted by Crippen LogP contribution is 2.31. The number of thiazole rings is 1. The summed E-state index contributed by atoms with van der Waals surface area (Å²) >= 11 is 1.28. The van der Waals surface area contributed by atoms with Crippen molar-refractivity contribution in [2.24, 2.45) is 4.99 Å². The first-order chi connectivity index (χ1) is 18.5. The molecule has 0 aliphatic carbocycles. The maximum atomic E-state index is 13.7. The summed E-state index contributed by atoms with van der Waals surface area (Å²) in [5.41, 5.74) is 3.17. The van der Waals surface area contributed by atoms with E-state index in [2.05, 4.69) is 4.99 Å². The van der Waals surface area contributed by atoms with E-state index >= 15 is 0 Å². The molecule has 0 saturated carbocycles. The molecule has 8 heteroatoms. The number of allylic oxidation sites excluding steroid dienone is 1. The van der Waals surface area contributed by atoms with Gasteiger partial charge >= 0.3 is 5.97 Å². The second-order valence-corrected chi connectivity index (χ2v) is 9.70. The number of methoxy groups -OCH3 is 1. The van der Waals surface area contributed by atoms with Crippen molar-refractivity contribution in [1.82, 2.24) is 4.57 Å². The van der Waals surface area contributed by atoms with Crippen LogP contribution in [0.5, 0.6) is 5.75 Å². The molecule has 4 aromatic rings. The molecule has 0 spiro atoms. The van der Waals surface area contributed by atoms with E-state index in [-0.39, 0.29) is 11.4 Å². The van der Waals surface area contributed by atoms with Crippen molar-refractivity contribution < 1.29 is 18.7 Å². The van der Waals surface area contributed by atoms with Gasteiger partial charge in [-0.3, -0.25) is 9.36 Å². The lowest BCUT2D eigenvalue weighted by Crippen LogP contribution is -2.40. The molecule has 1 aliphatic heterocycles. The molecule has 0 N–H and O–H groups in total. The topological polar surface area (TPSA) is 69.9 Å². The summed E-state index contributed by atoms with van der Waals surface area (Å²) in [6, 6.07) is 22.3. The van der Waals surface area contributed by atoms with Gasteiger partial charge in [-0.2, -0.15) is 0 Å². The van der Waals surface area contributed by atoms with E-state index < -0.39 is 12.0 Å². The number of halogens is 1. The van der Waals surface area contributed by atoms with Gasteiger partial charge in [0.2, 0.25) is 0 Å². The van der Waals surface area contributed by atoms with Crippen LogP contribution < -0.4 is 19.6 Å². The summed E-state index contributed by atoms with van der Waals surface area (Å²) in [4.78, 5) is 31.8. The first-order valence-corrected chi connectivity index (χ1v) is 13.0. The van der Waals surface area contributed by atoms with Crippen LogP contribution in [0.25, 0.3) is 6.08 Å². The van der Waals surface area contributed by atoms with Crippen LogP contribution in [0.1, 0.15) is 36.1 Å². The number of aromatic nitrogens is 1. The number of rotatable bonds is 7. The monoisotopic (exact) mass is 528 g/mol. The van der Waals surface area contributed by atoms with Gasteiger partial charge in [-0.05, 0) is 53.5 Å². The van der Waals surface area contributed by atoms with E-state index in [1.54, 1.807) is 22.8 Å². The highest BCUT2D eigenvalue weighted by Gasteiger charge is 2.33. The Kier molecular flexibility index (Phi) is 7.33. The lowest BCUT2D eigenvalue weighted by molar-refractivity contribution is -0.136. The molecule has 1 aliphatic rings. The minimum atomic E-state index is -0.637. The molecule has 1 atom stereocenters. The summed E-state index contributed by atoms with van der Waals surface area (Å²) in [6.45, 7) is 2.22. The van der Waals surface area contributed by atoms with Gasteiger partial charge in [0.15, 0.2) is 4.80 Å². The number of nitrogens with zero attached hydrogens (tertiary/aromatic N) is 2. The third-order valence-corrected chi connectivity index (χ3v) is 7.22. The second-order valence-electron chi connectivity index (χ2n) is 8.69. The minimum absolute atomic E-state index is 0.239. The third kappa shape index (κ3) is 5.08. The highest BCUT2D eigenvalue weighted by molar-refractivity contribution is 7.07. The van der Waals surface area contributed by atoms with Crippen LogP contribution in [0.3, 0.4) is 0 Å². The van der Waals surface area contributed by atoms with E-state index in [0.29, 0.717) is 39.4 Å². The Morgan fingerprint density at radius 2 is 1.84 bits per heavy atom. The van der Waals surface area contributed by atoms with Crippen LogP contribution >= 0.6 is 11.3 Å². The Bertz CT molecular complexity index is 1690. The molecule has 3 aromatic carbocycles. The fraction of sp³-hybridized carbons (Fsp3) is 0.167. The zero-order chi connectivity index (χ0) is 26.6. The van der Waals surface area contributed by atoms with E-state index in [9.17, 15) is 14.0 Å². The van der Waals surface area contributed by atoms with Crippen LogP contribution in [0.2, 0.25) is 0 Å². The molecule has 0 fully saturated rings. The predicted molar refractivity (Wildman–Crippen MR) is 144 cm³/mol. The Balaban J connectivity index is 1.55. The lowest BCUT2D eigenvalue weighted by atomic mass is 9.95. The van der Waals surface area contributed by atoms with E-state index in [0.717, 1.165) is 16.7 Å². The van der Waals surface area contributed by atoms with Crippen LogP contribution in [-0.2, 0) is 16.1 Å². The second kappa shape index (κ2) is 11.0. The van der Waals surface area contributed by atoms with Gasteiger partial charge in [0.1, 0.15) is 18.2 Å². The molecule has 5 rings (SSSR count). The Morgan fingerprint density at radius 3 is 2.55 bits per heavy atom. The largest absolute Gasteiger partial charge is 0.489 e. The maximum absolute atomic E-state index is 13.7. The number of benzene rings is 3. The molecular formula is C30H25FN2O4S. The average molecular weight is 529 g/mol. The SMILES string of the molecule is CCC1=C(C(=O)OC)[C@@H](c2ccccc2)n2c(s/c(=C/c3cccc(OCc4ccc(F)cc4)c3)c2=O)=N1. The summed E-state index contributed by atoms with van der Waals surface area (Å²) in [5.74, 6) is -0.171. The van der Waals surface area contributed by atoms with Crippen LogP contribution in [0.4, 0.5) is 4.39 Å². The Morgan fingerprint density at radius 1 is 1.08 bits per heavy atom. The van der Waals surface area contributed by atoms with Crippen molar-refractivity contribution in [2.45, 2.75) is 26.0 Å². The van der Waals surface area contributed by atoms with Crippen molar-refractivity contribution in [3.8, 4) is 5.75 Å². The Hall–Kier alpha value is -4.30. The molecule has 0 radical (unpaired) electrons. The molecule has 2 heterocycles. The molecule has 0 bridgehead atoms. The van der Waals surface area contributed by atoms with Crippen LogP contribution in [0.15, 0.2) is 99.9 Å². The maximum Gasteiger partial charge on any atom is 0.338 e. The molecule has 192 valence electrons. The van der Waals surface area contributed by atoms with E-state index in [4.69, 9.17) is 9.47 Å². The van der Waals surface area contributed by atoms with Crippen molar-refractivity contribution in [3.63, 3.8) is 0 Å². The first-order valence-electron chi connectivity index (χ1n) is 12.1. The smallest absolute Gasteiger partial charge is 0.338 e. The highest BCUT2D eigenvalue weighted by atomic mass is 32.1. The van der Waals surface area contributed by atoms with E-state index in [1.165, 1.54) is 30.6 Å². The van der Waals surface area contributed by atoms with Gasteiger partial charge in [-0.15, -0.1) is 0 Å². The number of hydrogen-bond acceptors (Lipinski definition) is 6. The summed E-state index contributed by atoms with van der Waals surface area (Å²) in [6.07, 6.45) is 2.32. The number of carbonyl (C=O) groups excluding carboxylic acids is 1. The minimum Gasteiger partial charge on any atom is -0.489 e. The normalized spacial score (nSPS) is 15.1. The Labute approximate surface area is 222 Å². The zero-order valence-corrected chi connectivity index (χ0v) is 21.7. The summed E-state index contributed by atoms with van der Waals surface area (Å²) in [5, 5.41) is 0. The summed E-state index contributed by atoms with van der Waals surface area (Å²) < 4.78 is 26.2.